The van der Waals surface area contributed by atoms with Crippen molar-refractivity contribution in [2.45, 2.75) is 58.3 Å². The highest BCUT2D eigenvalue weighted by atomic mass is 16.2. The molecule has 0 fully saturated rings. The fourth-order valence-corrected chi connectivity index (χ4v) is 6.85. The second-order valence-electron chi connectivity index (χ2n) is 11.2. The van der Waals surface area contributed by atoms with Crippen molar-refractivity contribution < 1.29 is 19.2 Å². The summed E-state index contributed by atoms with van der Waals surface area (Å²) < 4.78 is 0. The Labute approximate surface area is 231 Å². The van der Waals surface area contributed by atoms with Gasteiger partial charge >= 0.3 is 0 Å². The van der Waals surface area contributed by atoms with Crippen LogP contribution in [0.3, 0.4) is 0 Å². The Bertz CT molecular complexity index is 1790. The number of imide groups is 2. The maximum Gasteiger partial charge on any atom is 0.261 e. The monoisotopic (exact) mass is 530 g/mol. The number of hydrogen-bond acceptors (Lipinski definition) is 4. The van der Waals surface area contributed by atoms with Gasteiger partial charge in [0.1, 0.15) is 0 Å². The molecule has 2 aliphatic rings. The Hall–Kier alpha value is -4.32. The van der Waals surface area contributed by atoms with Crippen molar-refractivity contribution in [3.05, 3.63) is 70.8 Å². The van der Waals surface area contributed by atoms with Crippen molar-refractivity contribution in [2.75, 3.05) is 6.54 Å². The van der Waals surface area contributed by atoms with Crippen LogP contribution in [0.25, 0.3) is 43.1 Å². The van der Waals surface area contributed by atoms with Crippen molar-refractivity contribution in [3.63, 3.8) is 0 Å². The maximum atomic E-state index is 13.6. The molecule has 0 saturated heterocycles. The molecule has 0 aromatic heterocycles. The molecule has 2 aliphatic heterocycles. The van der Waals surface area contributed by atoms with E-state index in [1.807, 2.05) is 36.4 Å². The van der Waals surface area contributed by atoms with Crippen LogP contribution in [0.1, 0.15) is 99.7 Å². The van der Waals surface area contributed by atoms with Crippen LogP contribution in [0, 0.1) is 0 Å². The van der Waals surface area contributed by atoms with E-state index in [1.54, 1.807) is 12.1 Å². The summed E-state index contributed by atoms with van der Waals surface area (Å²) in [5.41, 5.74) is 2.06. The van der Waals surface area contributed by atoms with Gasteiger partial charge in [0.15, 0.2) is 0 Å². The van der Waals surface area contributed by atoms with Gasteiger partial charge in [0.05, 0.1) is 0 Å². The van der Waals surface area contributed by atoms with Gasteiger partial charge in [-0.15, -0.1) is 0 Å². The highest BCUT2D eigenvalue weighted by molar-refractivity contribution is 6.41. The van der Waals surface area contributed by atoms with Crippen LogP contribution in [0.4, 0.5) is 0 Å². The SMILES string of the molecule is CCCCCCCCCCN1C(=O)c2ccc3c4ccc5c6c(ccc(c7ccc(c2c37)C1=O)c64)C(=O)NC5=O. The lowest BCUT2D eigenvalue weighted by molar-refractivity contribution is 0.0606. The van der Waals surface area contributed by atoms with Gasteiger partial charge in [-0.2, -0.15) is 0 Å². The number of nitrogens with zero attached hydrogens (tertiary/aromatic N) is 1. The number of fused-ring (bicyclic) bond motifs is 2. The number of amides is 4. The van der Waals surface area contributed by atoms with Crippen molar-refractivity contribution in [1.82, 2.24) is 10.2 Å². The summed E-state index contributed by atoms with van der Waals surface area (Å²) >= 11 is 0. The lowest BCUT2D eigenvalue weighted by Gasteiger charge is -2.29. The van der Waals surface area contributed by atoms with Crippen LogP contribution in [0.15, 0.2) is 48.5 Å². The molecule has 0 spiro atoms. The summed E-state index contributed by atoms with van der Waals surface area (Å²) in [6, 6.07) is 14.9. The smallest absolute Gasteiger partial charge is 0.261 e. The molecule has 0 radical (unpaired) electrons. The third-order valence-corrected chi connectivity index (χ3v) is 8.80. The summed E-state index contributed by atoms with van der Waals surface area (Å²) in [6.07, 6.45) is 9.19. The van der Waals surface area contributed by atoms with E-state index in [2.05, 4.69) is 12.2 Å². The largest absolute Gasteiger partial charge is 0.288 e. The number of carbonyl (C=O) groups excluding carboxylic acids is 4. The molecule has 2 heterocycles. The molecule has 6 nitrogen and oxygen atoms in total. The Morgan fingerprint density at radius 2 is 0.900 bits per heavy atom. The van der Waals surface area contributed by atoms with Crippen LogP contribution in [-0.2, 0) is 0 Å². The van der Waals surface area contributed by atoms with Crippen LogP contribution in [0.5, 0.6) is 0 Å². The van der Waals surface area contributed by atoms with Crippen LogP contribution < -0.4 is 5.32 Å². The fourth-order valence-electron chi connectivity index (χ4n) is 6.85. The number of benzene rings is 5. The third-order valence-electron chi connectivity index (χ3n) is 8.80. The molecule has 1 N–H and O–H groups in total. The Morgan fingerprint density at radius 3 is 1.38 bits per heavy atom. The third kappa shape index (κ3) is 3.48. The molecule has 40 heavy (non-hydrogen) atoms. The summed E-state index contributed by atoms with van der Waals surface area (Å²) in [7, 11) is 0. The maximum absolute atomic E-state index is 13.6. The number of rotatable bonds is 9. The summed E-state index contributed by atoms with van der Waals surface area (Å²) in [4.78, 5) is 54.0. The molecular formula is C34H30N2O4. The zero-order valence-corrected chi connectivity index (χ0v) is 22.6. The first kappa shape index (κ1) is 24.7. The summed E-state index contributed by atoms with van der Waals surface area (Å²) in [5, 5.41) is 9.13. The standard InChI is InChI=1S/C34H30N2O4/c1-2-3-4-5-6-7-8-9-18-36-33(39)25-16-12-21-19-10-14-23-29-24(32(38)35-31(23)37)15-11-20(27(19)29)22-13-17-26(34(36)40)30(25)28(21)22/h10-17H,2-9,18H2,1H3,(H,35,37,38). The molecular weight excluding hydrogens is 500 g/mol. The van der Waals surface area contributed by atoms with E-state index in [-0.39, 0.29) is 11.8 Å². The van der Waals surface area contributed by atoms with E-state index in [1.165, 1.54) is 37.0 Å². The van der Waals surface area contributed by atoms with Gasteiger partial charge in [-0.25, -0.2) is 0 Å². The van der Waals surface area contributed by atoms with Crippen molar-refractivity contribution in [2.24, 2.45) is 0 Å². The molecule has 0 atom stereocenters. The van der Waals surface area contributed by atoms with Gasteiger partial charge < -0.3 is 0 Å². The second kappa shape index (κ2) is 9.40. The summed E-state index contributed by atoms with van der Waals surface area (Å²) in [5.74, 6) is -1.26. The van der Waals surface area contributed by atoms with E-state index >= 15 is 0 Å². The molecule has 5 aromatic rings. The van der Waals surface area contributed by atoms with Crippen molar-refractivity contribution in [1.29, 1.82) is 0 Å². The normalized spacial score (nSPS) is 14.9. The van der Waals surface area contributed by atoms with Gasteiger partial charge in [0, 0.05) is 39.6 Å². The number of carbonyl (C=O) groups is 4. The van der Waals surface area contributed by atoms with Crippen molar-refractivity contribution in [3.8, 4) is 0 Å². The van der Waals surface area contributed by atoms with Crippen LogP contribution in [-0.4, -0.2) is 35.1 Å². The Kier molecular flexibility index (Phi) is 5.81. The first-order chi connectivity index (χ1) is 19.5. The quantitative estimate of drug-likeness (QED) is 0.0934. The molecule has 0 bridgehead atoms. The highest BCUT2D eigenvalue weighted by Gasteiger charge is 2.34. The molecule has 200 valence electrons. The zero-order valence-electron chi connectivity index (χ0n) is 22.6. The Morgan fingerprint density at radius 1 is 0.500 bits per heavy atom. The van der Waals surface area contributed by atoms with Gasteiger partial charge in [-0.3, -0.25) is 29.4 Å². The topological polar surface area (TPSA) is 83.6 Å². The fraction of sp³-hybridized carbons (Fsp3) is 0.294. The first-order valence-electron chi connectivity index (χ1n) is 14.4. The summed E-state index contributed by atoms with van der Waals surface area (Å²) in [6.45, 7) is 2.65. The van der Waals surface area contributed by atoms with Crippen molar-refractivity contribution >= 4 is 66.7 Å². The van der Waals surface area contributed by atoms with Gasteiger partial charge in [-0.05, 0) is 63.0 Å². The molecule has 6 heteroatoms. The molecule has 7 rings (SSSR count). The van der Waals surface area contributed by atoms with E-state index in [0.717, 1.165) is 51.6 Å². The van der Waals surface area contributed by atoms with Gasteiger partial charge in [-0.1, -0.05) is 76.1 Å². The van der Waals surface area contributed by atoms with E-state index < -0.39 is 11.8 Å². The molecule has 0 unspecified atom stereocenters. The van der Waals surface area contributed by atoms with Gasteiger partial charge in [0.2, 0.25) is 0 Å². The Balaban J connectivity index is 1.30. The minimum Gasteiger partial charge on any atom is -0.288 e. The minimum absolute atomic E-state index is 0.234. The second-order valence-corrected chi connectivity index (χ2v) is 11.2. The lowest BCUT2D eigenvalue weighted by Crippen LogP contribution is -2.40. The zero-order chi connectivity index (χ0) is 27.5. The highest BCUT2D eigenvalue weighted by Crippen LogP contribution is 2.45. The molecule has 0 saturated carbocycles. The van der Waals surface area contributed by atoms with E-state index in [4.69, 9.17) is 0 Å². The van der Waals surface area contributed by atoms with Crippen LogP contribution >= 0.6 is 0 Å². The minimum atomic E-state index is -0.398. The average molecular weight is 531 g/mol. The van der Waals surface area contributed by atoms with Crippen LogP contribution in [0.2, 0.25) is 0 Å². The lowest BCUT2D eigenvalue weighted by atomic mass is 9.82. The predicted octanol–water partition coefficient (Wildman–Crippen LogP) is 7.36. The molecule has 0 aliphatic carbocycles. The van der Waals surface area contributed by atoms with E-state index in [9.17, 15) is 19.2 Å². The number of nitrogens with one attached hydrogen (secondary N) is 1. The molecule has 4 amide bonds. The first-order valence-corrected chi connectivity index (χ1v) is 14.4. The number of unbranched alkanes of at least 4 members (excludes halogenated alkanes) is 7. The number of hydrogen-bond donors (Lipinski definition) is 1. The average Bonchev–Trinajstić information content (AvgIpc) is 2.96. The van der Waals surface area contributed by atoms with Gasteiger partial charge in [0.25, 0.3) is 23.6 Å². The molecule has 5 aromatic carbocycles. The van der Waals surface area contributed by atoms with E-state index in [0.29, 0.717) is 39.6 Å². The predicted molar refractivity (Wildman–Crippen MR) is 157 cm³/mol.